The van der Waals surface area contributed by atoms with Gasteiger partial charge in [-0.25, -0.2) is 9.98 Å². The van der Waals surface area contributed by atoms with E-state index in [0.29, 0.717) is 24.8 Å². The fourth-order valence-electron chi connectivity index (χ4n) is 2.98. The predicted octanol–water partition coefficient (Wildman–Crippen LogP) is 4.73. The van der Waals surface area contributed by atoms with Crippen LogP contribution in [0, 0.1) is 0 Å². The summed E-state index contributed by atoms with van der Waals surface area (Å²) < 4.78 is 12.4. The van der Waals surface area contributed by atoms with Gasteiger partial charge in [0, 0.05) is 6.54 Å². The highest BCUT2D eigenvalue weighted by Crippen LogP contribution is 2.31. The Balaban J connectivity index is 0.00000272. The summed E-state index contributed by atoms with van der Waals surface area (Å²) in [4.78, 5) is 9.19. The van der Waals surface area contributed by atoms with E-state index in [-0.39, 0.29) is 30.5 Å². The van der Waals surface area contributed by atoms with E-state index in [4.69, 9.17) is 8.83 Å². The third-order valence-electron chi connectivity index (χ3n) is 4.56. The van der Waals surface area contributed by atoms with E-state index < -0.39 is 5.60 Å². The number of aliphatic imine (C=N–C) groups is 1. The summed E-state index contributed by atoms with van der Waals surface area (Å²) >= 11 is 1.60. The Bertz CT molecular complexity index is 1100. The molecule has 164 valence electrons. The number of thiazole rings is 1. The van der Waals surface area contributed by atoms with Crippen molar-refractivity contribution in [2.24, 2.45) is 4.99 Å². The zero-order chi connectivity index (χ0) is 21.0. The van der Waals surface area contributed by atoms with E-state index >= 15 is 0 Å². The first kappa shape index (κ1) is 23.3. The van der Waals surface area contributed by atoms with Gasteiger partial charge in [-0.1, -0.05) is 12.1 Å². The van der Waals surface area contributed by atoms with Crippen LogP contribution in [0.1, 0.15) is 25.4 Å². The summed E-state index contributed by atoms with van der Waals surface area (Å²) in [5.41, 5.74) is -0.180. The first-order valence-corrected chi connectivity index (χ1v) is 10.6. The van der Waals surface area contributed by atoms with E-state index in [1.165, 1.54) is 0 Å². The Morgan fingerprint density at radius 2 is 2.00 bits per heavy atom. The molecule has 0 fully saturated rings. The molecule has 3 N–H and O–H groups in total. The maximum Gasteiger partial charge on any atom is 0.191 e. The van der Waals surface area contributed by atoms with Gasteiger partial charge in [-0.05, 0) is 50.2 Å². The van der Waals surface area contributed by atoms with Crippen LogP contribution in [0.25, 0.3) is 21.0 Å². The van der Waals surface area contributed by atoms with Gasteiger partial charge >= 0.3 is 0 Å². The first-order chi connectivity index (χ1) is 14.5. The van der Waals surface area contributed by atoms with E-state index in [1.54, 1.807) is 36.7 Å². The van der Waals surface area contributed by atoms with Crippen LogP contribution in [0.3, 0.4) is 0 Å². The molecule has 3 aromatic heterocycles. The van der Waals surface area contributed by atoms with Gasteiger partial charge in [0.15, 0.2) is 16.7 Å². The van der Waals surface area contributed by atoms with Crippen molar-refractivity contribution < 1.29 is 13.9 Å². The Morgan fingerprint density at radius 1 is 1.16 bits per heavy atom. The van der Waals surface area contributed by atoms with Crippen LogP contribution < -0.4 is 10.6 Å². The summed E-state index contributed by atoms with van der Waals surface area (Å²) in [6, 6.07) is 15.4. The smallest absolute Gasteiger partial charge is 0.191 e. The molecule has 0 aliphatic carbocycles. The SMILES string of the molecule is CCNC(=NCc1ccc(-c2nc3ccccc3s2)o1)NCC(C)(O)c1ccco1.I. The highest BCUT2D eigenvalue weighted by molar-refractivity contribution is 14.0. The molecule has 0 saturated carbocycles. The summed E-state index contributed by atoms with van der Waals surface area (Å²) in [6.07, 6.45) is 1.54. The Kier molecular flexibility index (Phi) is 7.74. The second-order valence-corrected chi connectivity index (χ2v) is 8.08. The molecule has 0 aliphatic rings. The molecular formula is C22H25IN4O3S. The van der Waals surface area contributed by atoms with Crippen molar-refractivity contribution in [3.8, 4) is 10.8 Å². The average Bonchev–Trinajstić information content (AvgIpc) is 3.49. The maximum atomic E-state index is 10.6. The molecule has 9 heteroatoms. The summed E-state index contributed by atoms with van der Waals surface area (Å²) in [7, 11) is 0. The largest absolute Gasteiger partial charge is 0.466 e. The van der Waals surface area contributed by atoms with Crippen molar-refractivity contribution in [3.63, 3.8) is 0 Å². The van der Waals surface area contributed by atoms with Crippen LogP contribution in [0.5, 0.6) is 0 Å². The Hall–Kier alpha value is -2.37. The normalized spacial score (nSPS) is 13.6. The number of hydrogen-bond acceptors (Lipinski definition) is 6. The van der Waals surface area contributed by atoms with Crippen molar-refractivity contribution in [2.45, 2.75) is 26.0 Å². The molecule has 0 saturated heterocycles. The third-order valence-corrected chi connectivity index (χ3v) is 5.61. The first-order valence-electron chi connectivity index (χ1n) is 9.78. The van der Waals surface area contributed by atoms with Gasteiger partial charge in [-0.3, -0.25) is 0 Å². The standard InChI is InChI=1S/C22H24N4O3S.HI/c1-3-23-21(25-14-22(2,27)19-9-6-12-28-19)24-13-15-10-11-17(29-15)20-26-16-7-4-5-8-18(16)30-20;/h4-12,27H,3,13-14H2,1-2H3,(H2,23,24,25);1H. The highest BCUT2D eigenvalue weighted by atomic mass is 127. The van der Waals surface area contributed by atoms with E-state index in [9.17, 15) is 5.11 Å². The molecule has 0 aliphatic heterocycles. The molecule has 31 heavy (non-hydrogen) atoms. The summed E-state index contributed by atoms with van der Waals surface area (Å²) in [6.45, 7) is 4.99. The molecule has 4 aromatic rings. The van der Waals surface area contributed by atoms with Gasteiger partial charge in [0.2, 0.25) is 0 Å². The molecule has 0 amide bonds. The van der Waals surface area contributed by atoms with Crippen molar-refractivity contribution >= 4 is 51.5 Å². The minimum atomic E-state index is -1.15. The third kappa shape index (κ3) is 5.66. The molecule has 0 radical (unpaired) electrons. The number of nitrogens with one attached hydrogen (secondary N) is 2. The number of para-hydroxylation sites is 1. The number of nitrogens with zero attached hydrogens (tertiary/aromatic N) is 2. The summed E-state index contributed by atoms with van der Waals surface area (Å²) in [5, 5.41) is 17.8. The number of halogens is 1. The van der Waals surface area contributed by atoms with Gasteiger partial charge in [0.05, 0.1) is 23.0 Å². The van der Waals surface area contributed by atoms with Crippen molar-refractivity contribution in [2.75, 3.05) is 13.1 Å². The minimum absolute atomic E-state index is 0. The molecule has 1 atom stereocenters. The zero-order valence-electron chi connectivity index (χ0n) is 17.3. The average molecular weight is 552 g/mol. The van der Waals surface area contributed by atoms with Gasteiger partial charge in [-0.15, -0.1) is 35.3 Å². The van der Waals surface area contributed by atoms with Crippen molar-refractivity contribution in [3.05, 3.63) is 66.3 Å². The Morgan fingerprint density at radius 3 is 2.74 bits per heavy atom. The molecule has 1 aromatic carbocycles. The number of aromatic nitrogens is 1. The number of rotatable bonds is 7. The number of benzene rings is 1. The lowest BCUT2D eigenvalue weighted by Gasteiger charge is -2.22. The lowest BCUT2D eigenvalue weighted by Crippen LogP contribution is -2.44. The molecule has 0 bridgehead atoms. The van der Waals surface area contributed by atoms with Crippen molar-refractivity contribution in [1.82, 2.24) is 15.6 Å². The zero-order valence-corrected chi connectivity index (χ0v) is 20.4. The fourth-order valence-corrected chi connectivity index (χ4v) is 3.91. The fraction of sp³-hybridized carbons (Fsp3) is 0.273. The molecular weight excluding hydrogens is 527 g/mol. The van der Waals surface area contributed by atoms with E-state index in [0.717, 1.165) is 26.7 Å². The van der Waals surface area contributed by atoms with Crippen LogP contribution in [0.2, 0.25) is 0 Å². The van der Waals surface area contributed by atoms with Gasteiger partial charge in [0.1, 0.15) is 23.7 Å². The van der Waals surface area contributed by atoms with Crippen molar-refractivity contribution in [1.29, 1.82) is 0 Å². The molecule has 1 unspecified atom stereocenters. The van der Waals surface area contributed by atoms with Crippen LogP contribution >= 0.6 is 35.3 Å². The monoisotopic (exact) mass is 552 g/mol. The second-order valence-electron chi connectivity index (χ2n) is 7.05. The lowest BCUT2D eigenvalue weighted by molar-refractivity contribution is 0.0386. The maximum absolute atomic E-state index is 10.6. The molecule has 7 nitrogen and oxygen atoms in total. The van der Waals surface area contributed by atoms with Crippen LogP contribution in [0.4, 0.5) is 0 Å². The molecule has 3 heterocycles. The number of fused-ring (bicyclic) bond motifs is 1. The van der Waals surface area contributed by atoms with E-state index in [1.807, 2.05) is 37.3 Å². The quantitative estimate of drug-likeness (QED) is 0.174. The highest BCUT2D eigenvalue weighted by Gasteiger charge is 2.26. The van der Waals surface area contributed by atoms with Gasteiger partial charge in [-0.2, -0.15) is 0 Å². The topological polar surface area (TPSA) is 95.8 Å². The van der Waals surface area contributed by atoms with Crippen LogP contribution in [-0.2, 0) is 12.1 Å². The predicted molar refractivity (Wildman–Crippen MR) is 134 cm³/mol. The van der Waals surface area contributed by atoms with Gasteiger partial charge in [0.25, 0.3) is 0 Å². The minimum Gasteiger partial charge on any atom is -0.466 e. The van der Waals surface area contributed by atoms with Crippen LogP contribution in [-0.4, -0.2) is 29.1 Å². The lowest BCUT2D eigenvalue weighted by atomic mass is 10.0. The number of guanidine groups is 1. The Labute approximate surface area is 201 Å². The van der Waals surface area contributed by atoms with Gasteiger partial charge < -0.3 is 24.6 Å². The van der Waals surface area contributed by atoms with Crippen LogP contribution in [0.15, 0.2) is 68.6 Å². The van der Waals surface area contributed by atoms with E-state index in [2.05, 4.69) is 26.7 Å². The molecule has 4 rings (SSSR count). The number of aliphatic hydroxyl groups is 1. The second kappa shape index (κ2) is 10.3. The summed E-state index contributed by atoms with van der Waals surface area (Å²) in [5.74, 6) is 2.55. The number of hydrogen-bond donors (Lipinski definition) is 3. The number of furan rings is 2. The molecule has 0 spiro atoms.